The molecule has 0 fully saturated rings. The second-order valence-corrected chi connectivity index (χ2v) is 5.69. The Kier molecular flexibility index (Phi) is 6.30. The van der Waals surface area contributed by atoms with Gasteiger partial charge in [0.15, 0.2) is 0 Å². The lowest BCUT2D eigenvalue weighted by Gasteiger charge is -2.26. The Labute approximate surface area is 135 Å². The van der Waals surface area contributed by atoms with E-state index in [1.807, 2.05) is 6.07 Å². The maximum Gasteiger partial charge on any atom is 0.293 e. The predicted octanol–water partition coefficient (Wildman–Crippen LogP) is 1.10. The van der Waals surface area contributed by atoms with E-state index >= 15 is 0 Å². The Morgan fingerprint density at radius 2 is 1.65 bits per heavy atom. The van der Waals surface area contributed by atoms with E-state index in [-0.39, 0.29) is 24.3 Å². The van der Waals surface area contributed by atoms with Gasteiger partial charge in [-0.3, -0.25) is 10.1 Å². The molecule has 1 aromatic carbocycles. The smallest absolute Gasteiger partial charge is 0.293 e. The van der Waals surface area contributed by atoms with Crippen LogP contribution < -0.4 is 9.80 Å². The summed E-state index contributed by atoms with van der Waals surface area (Å²) >= 11 is 0. The van der Waals surface area contributed by atoms with Crippen LogP contribution in [-0.2, 0) is 0 Å². The average molecular weight is 322 g/mol. The molecule has 23 heavy (non-hydrogen) atoms. The lowest BCUT2D eigenvalue weighted by atomic mass is 10.1. The van der Waals surface area contributed by atoms with Crippen molar-refractivity contribution in [2.45, 2.75) is 26.1 Å². The molecule has 0 radical (unpaired) electrons. The van der Waals surface area contributed by atoms with Gasteiger partial charge in [-0.15, -0.1) is 0 Å². The van der Waals surface area contributed by atoms with Crippen LogP contribution >= 0.6 is 0 Å². The average Bonchev–Trinajstić information content (AvgIpc) is 2.44. The highest BCUT2D eigenvalue weighted by Crippen LogP contribution is 2.35. The van der Waals surface area contributed by atoms with Crippen LogP contribution in [-0.4, -0.2) is 54.5 Å². The molecule has 8 nitrogen and oxygen atoms in total. The van der Waals surface area contributed by atoms with Crippen molar-refractivity contribution in [3.05, 3.63) is 27.8 Å². The van der Waals surface area contributed by atoms with Crippen molar-refractivity contribution >= 4 is 17.1 Å². The summed E-state index contributed by atoms with van der Waals surface area (Å²) < 4.78 is 0. The van der Waals surface area contributed by atoms with Crippen molar-refractivity contribution < 1.29 is 15.1 Å². The Balaban J connectivity index is 3.42. The first-order chi connectivity index (χ1) is 10.7. The largest absolute Gasteiger partial charge is 0.392 e. The monoisotopic (exact) mass is 322 g/mol. The van der Waals surface area contributed by atoms with Gasteiger partial charge in [0.05, 0.1) is 28.4 Å². The molecule has 0 heterocycles. The number of aliphatic hydroxyl groups is 2. The Morgan fingerprint density at radius 3 is 2.04 bits per heavy atom. The molecule has 2 atom stereocenters. The number of nitriles is 1. The van der Waals surface area contributed by atoms with Gasteiger partial charge in [0.2, 0.25) is 0 Å². The van der Waals surface area contributed by atoms with Crippen LogP contribution in [0.2, 0.25) is 0 Å². The van der Waals surface area contributed by atoms with Crippen molar-refractivity contribution in [2.75, 3.05) is 37.0 Å². The minimum absolute atomic E-state index is 0.161. The number of nitrogens with zero attached hydrogens (tertiary/aromatic N) is 4. The molecule has 8 heteroatoms. The summed E-state index contributed by atoms with van der Waals surface area (Å²) in [6.45, 7) is 3.71. The van der Waals surface area contributed by atoms with Gasteiger partial charge in [-0.2, -0.15) is 5.26 Å². The Morgan fingerprint density at radius 1 is 1.17 bits per heavy atom. The Hall–Kier alpha value is -2.37. The van der Waals surface area contributed by atoms with E-state index in [0.29, 0.717) is 11.4 Å². The standard InChI is InChI=1S/C15H22N4O4/c1-10(20)8-17(3)13-6-14(18(4)9-11(2)21)15(19(22)23)5-12(13)7-16/h5-6,10-11,20-21H,8-9H2,1-4H3/t10-,11+/m1/s1. The van der Waals surface area contributed by atoms with Gasteiger partial charge >= 0.3 is 0 Å². The molecule has 0 spiro atoms. The van der Waals surface area contributed by atoms with E-state index in [9.17, 15) is 25.6 Å². The third kappa shape index (κ3) is 4.81. The first-order valence-corrected chi connectivity index (χ1v) is 7.18. The highest BCUT2D eigenvalue weighted by Gasteiger charge is 2.23. The normalized spacial score (nSPS) is 13.1. The first-order valence-electron chi connectivity index (χ1n) is 7.18. The number of nitro benzene ring substituents is 1. The predicted molar refractivity (Wildman–Crippen MR) is 87.7 cm³/mol. The SMILES string of the molecule is C[C@H](O)CN(C)c1cc(N(C)C[C@@H](C)O)c(C#N)cc1[N+](=O)[O-]. The molecule has 2 N–H and O–H groups in total. The number of benzene rings is 1. The third-order valence-corrected chi connectivity index (χ3v) is 3.31. The summed E-state index contributed by atoms with van der Waals surface area (Å²) in [5.74, 6) is 0. The van der Waals surface area contributed by atoms with E-state index in [2.05, 4.69) is 0 Å². The highest BCUT2D eigenvalue weighted by molar-refractivity contribution is 5.75. The minimum Gasteiger partial charge on any atom is -0.392 e. The second-order valence-electron chi connectivity index (χ2n) is 5.69. The maximum absolute atomic E-state index is 11.3. The molecule has 0 aliphatic rings. The van der Waals surface area contributed by atoms with Gasteiger partial charge in [0, 0.05) is 33.3 Å². The van der Waals surface area contributed by atoms with Crippen LogP contribution in [0.15, 0.2) is 12.1 Å². The van der Waals surface area contributed by atoms with Gasteiger partial charge in [0.25, 0.3) is 5.69 Å². The zero-order valence-corrected chi connectivity index (χ0v) is 13.7. The van der Waals surface area contributed by atoms with E-state index in [0.717, 1.165) is 0 Å². The molecule has 0 aromatic heterocycles. The number of hydrogen-bond donors (Lipinski definition) is 2. The molecular weight excluding hydrogens is 300 g/mol. The second kappa shape index (κ2) is 7.76. The van der Waals surface area contributed by atoms with Crippen molar-refractivity contribution in [1.29, 1.82) is 5.26 Å². The van der Waals surface area contributed by atoms with Gasteiger partial charge < -0.3 is 20.0 Å². The molecule has 0 amide bonds. The molecular formula is C15H22N4O4. The van der Waals surface area contributed by atoms with E-state index in [1.165, 1.54) is 6.07 Å². The topological polar surface area (TPSA) is 114 Å². The van der Waals surface area contributed by atoms with Gasteiger partial charge in [-0.05, 0) is 19.9 Å². The van der Waals surface area contributed by atoms with Gasteiger partial charge in [0.1, 0.15) is 11.8 Å². The first kappa shape index (κ1) is 18.7. The van der Waals surface area contributed by atoms with E-state index in [4.69, 9.17) is 0 Å². The number of rotatable bonds is 7. The lowest BCUT2D eigenvalue weighted by molar-refractivity contribution is -0.384. The van der Waals surface area contributed by atoms with Gasteiger partial charge in [-0.1, -0.05) is 0 Å². The lowest BCUT2D eigenvalue weighted by Crippen LogP contribution is -2.29. The van der Waals surface area contributed by atoms with E-state index < -0.39 is 17.1 Å². The fourth-order valence-corrected chi connectivity index (χ4v) is 2.41. The fourth-order valence-electron chi connectivity index (χ4n) is 2.41. The number of nitro groups is 1. The Bertz CT molecular complexity index is 610. The van der Waals surface area contributed by atoms with Crippen LogP contribution in [0.4, 0.5) is 17.1 Å². The van der Waals surface area contributed by atoms with E-state index in [1.54, 1.807) is 43.8 Å². The number of anilines is 2. The summed E-state index contributed by atoms with van der Waals surface area (Å²) in [5, 5.41) is 39.6. The highest BCUT2D eigenvalue weighted by atomic mass is 16.6. The van der Waals surface area contributed by atoms with Crippen molar-refractivity contribution in [3.8, 4) is 6.07 Å². The molecule has 0 aliphatic heterocycles. The summed E-state index contributed by atoms with van der Waals surface area (Å²) in [7, 11) is 3.34. The summed E-state index contributed by atoms with van der Waals surface area (Å²) in [4.78, 5) is 14.0. The molecule has 0 saturated carbocycles. The molecule has 1 rings (SSSR count). The maximum atomic E-state index is 11.3. The van der Waals surface area contributed by atoms with Crippen molar-refractivity contribution in [1.82, 2.24) is 0 Å². The molecule has 0 aliphatic carbocycles. The fraction of sp³-hybridized carbons (Fsp3) is 0.533. The van der Waals surface area contributed by atoms with Crippen molar-refractivity contribution in [2.24, 2.45) is 0 Å². The number of likely N-dealkylation sites (N-methyl/N-ethyl adjacent to an activating group) is 2. The van der Waals surface area contributed by atoms with Crippen LogP contribution in [0.3, 0.4) is 0 Å². The summed E-state index contributed by atoms with van der Waals surface area (Å²) in [6, 6.07) is 4.72. The van der Waals surface area contributed by atoms with Crippen molar-refractivity contribution in [3.63, 3.8) is 0 Å². The third-order valence-electron chi connectivity index (χ3n) is 3.31. The number of aliphatic hydroxyl groups excluding tert-OH is 2. The van der Waals surface area contributed by atoms with Crippen LogP contribution in [0.5, 0.6) is 0 Å². The van der Waals surface area contributed by atoms with Gasteiger partial charge in [-0.25, -0.2) is 0 Å². The molecule has 0 saturated heterocycles. The van der Waals surface area contributed by atoms with Crippen LogP contribution in [0.1, 0.15) is 19.4 Å². The minimum atomic E-state index is -0.658. The summed E-state index contributed by atoms with van der Waals surface area (Å²) in [5.41, 5.74) is 0.765. The quantitative estimate of drug-likeness (QED) is 0.570. The molecule has 0 bridgehead atoms. The van der Waals surface area contributed by atoms with Crippen LogP contribution in [0.25, 0.3) is 0 Å². The summed E-state index contributed by atoms with van der Waals surface area (Å²) in [6.07, 6.45) is -1.27. The van der Waals surface area contributed by atoms with Crippen LogP contribution in [0, 0.1) is 21.4 Å². The number of hydrogen-bond acceptors (Lipinski definition) is 7. The molecule has 0 unspecified atom stereocenters. The zero-order chi connectivity index (χ0) is 17.7. The zero-order valence-electron chi connectivity index (χ0n) is 13.7. The molecule has 1 aromatic rings. The molecule has 126 valence electrons.